The van der Waals surface area contributed by atoms with E-state index in [4.69, 9.17) is 37.4 Å². The van der Waals surface area contributed by atoms with Crippen molar-refractivity contribution in [2.75, 3.05) is 13.2 Å². The van der Waals surface area contributed by atoms with Crippen LogP contribution < -0.4 is 14.2 Å². The van der Waals surface area contributed by atoms with Crippen LogP contribution in [-0.2, 0) is 11.2 Å². The smallest absolute Gasteiger partial charge is 0.311 e. The van der Waals surface area contributed by atoms with Crippen LogP contribution in [0.25, 0.3) is 0 Å². The fourth-order valence-electron chi connectivity index (χ4n) is 4.51. The number of ether oxygens (including phenoxy) is 3. The summed E-state index contributed by atoms with van der Waals surface area (Å²) in [6, 6.07) is 15.8. The molecule has 0 spiro atoms. The van der Waals surface area contributed by atoms with Gasteiger partial charge in [0, 0.05) is 28.6 Å². The Balaban J connectivity index is 1.17. The van der Waals surface area contributed by atoms with Gasteiger partial charge in [-0.2, -0.15) is 0 Å². The number of hydrogen-bond donors (Lipinski definition) is 1. The third kappa shape index (κ3) is 6.43. The first-order chi connectivity index (χ1) is 18.4. The molecule has 1 atom stereocenters. The summed E-state index contributed by atoms with van der Waals surface area (Å²) in [5.74, 6) is 1.26. The van der Waals surface area contributed by atoms with E-state index in [1.807, 2.05) is 18.2 Å². The van der Waals surface area contributed by atoms with Crippen LogP contribution >= 0.6 is 23.2 Å². The molecule has 198 valence electrons. The van der Waals surface area contributed by atoms with Crippen LogP contribution in [0.3, 0.4) is 0 Å². The number of fused-ring (bicyclic) bond motifs is 1. The van der Waals surface area contributed by atoms with E-state index in [1.165, 1.54) is 12.8 Å². The second kappa shape index (κ2) is 11.7. The zero-order valence-electron chi connectivity index (χ0n) is 20.8. The number of carbonyl (C=O) groups is 2. The van der Waals surface area contributed by atoms with Gasteiger partial charge >= 0.3 is 5.97 Å². The molecule has 0 aromatic heterocycles. The van der Waals surface area contributed by atoms with Crippen molar-refractivity contribution in [3.63, 3.8) is 0 Å². The number of aliphatic carboxylic acids is 1. The minimum absolute atomic E-state index is 0.0471. The largest absolute Gasteiger partial charge is 0.493 e. The molecule has 0 radical (unpaired) electrons. The number of aryl methyl sites for hydroxylation is 1. The van der Waals surface area contributed by atoms with Gasteiger partial charge in [0.2, 0.25) is 0 Å². The molecule has 1 heterocycles. The highest BCUT2D eigenvalue weighted by atomic mass is 35.5. The van der Waals surface area contributed by atoms with Gasteiger partial charge in [-0.15, -0.1) is 0 Å². The Morgan fingerprint density at radius 2 is 1.76 bits per heavy atom. The molecule has 0 saturated heterocycles. The highest BCUT2D eigenvalue weighted by Crippen LogP contribution is 2.42. The molecule has 1 aliphatic heterocycles. The standard InChI is InChI=1S/C30H28Cl2O6/c31-21-9-6-20(27(14-21)37-17-18-4-5-18)2-1-3-26(33)19-7-10-22(11-8-19)38-29-16-28-24(15-25(29)32)23(30(34)35)12-13-36-28/h6-11,14-16,18,23H,1-5,12-13,17H2,(H,34,35). The van der Waals surface area contributed by atoms with Crippen LogP contribution in [0.15, 0.2) is 54.6 Å². The lowest BCUT2D eigenvalue weighted by molar-refractivity contribution is -0.139. The molecule has 3 aromatic carbocycles. The van der Waals surface area contributed by atoms with Gasteiger partial charge in [-0.1, -0.05) is 29.3 Å². The molecule has 2 aliphatic rings. The summed E-state index contributed by atoms with van der Waals surface area (Å²) in [6.07, 6.45) is 4.66. The number of halogens is 2. The number of benzene rings is 3. The van der Waals surface area contributed by atoms with Crippen LogP contribution in [0, 0.1) is 5.92 Å². The first kappa shape index (κ1) is 26.4. The summed E-state index contributed by atoms with van der Waals surface area (Å²) in [5, 5.41) is 10.4. The Morgan fingerprint density at radius 3 is 2.50 bits per heavy atom. The van der Waals surface area contributed by atoms with Gasteiger partial charge in [0.25, 0.3) is 0 Å². The second-order valence-corrected chi connectivity index (χ2v) is 10.6. The lowest BCUT2D eigenvalue weighted by Gasteiger charge is -2.24. The SMILES string of the molecule is O=C(CCCc1ccc(Cl)cc1OCC1CC1)c1ccc(Oc2cc3c(cc2Cl)C(C(=O)O)CCO3)cc1. The Labute approximate surface area is 231 Å². The van der Waals surface area contributed by atoms with Gasteiger partial charge in [-0.3, -0.25) is 9.59 Å². The van der Waals surface area contributed by atoms with Crippen LogP contribution in [0.1, 0.15) is 59.5 Å². The average molecular weight is 555 g/mol. The van der Waals surface area contributed by atoms with E-state index in [1.54, 1.807) is 36.4 Å². The maximum Gasteiger partial charge on any atom is 0.311 e. The molecule has 6 nitrogen and oxygen atoms in total. The summed E-state index contributed by atoms with van der Waals surface area (Å²) in [6.45, 7) is 1.03. The number of carboxylic acid groups (broad SMARTS) is 1. The van der Waals surface area contributed by atoms with E-state index in [-0.39, 0.29) is 5.78 Å². The fraction of sp³-hybridized carbons (Fsp3) is 0.333. The lowest BCUT2D eigenvalue weighted by atomic mass is 9.93. The third-order valence-electron chi connectivity index (χ3n) is 6.86. The van der Waals surface area contributed by atoms with Crippen LogP contribution in [0.5, 0.6) is 23.0 Å². The minimum atomic E-state index is -0.907. The molecule has 5 rings (SSSR count). The van der Waals surface area contributed by atoms with Gasteiger partial charge in [-0.05, 0) is 86.1 Å². The van der Waals surface area contributed by atoms with Crippen molar-refractivity contribution < 1.29 is 28.9 Å². The van der Waals surface area contributed by atoms with Crippen molar-refractivity contribution in [1.82, 2.24) is 0 Å². The second-order valence-electron chi connectivity index (χ2n) is 9.76. The number of ketones is 1. The van der Waals surface area contributed by atoms with E-state index in [0.717, 1.165) is 17.7 Å². The topological polar surface area (TPSA) is 82.1 Å². The summed E-state index contributed by atoms with van der Waals surface area (Å²) >= 11 is 12.5. The van der Waals surface area contributed by atoms with E-state index < -0.39 is 11.9 Å². The fourth-order valence-corrected chi connectivity index (χ4v) is 4.88. The van der Waals surface area contributed by atoms with Crippen LogP contribution in [0.4, 0.5) is 0 Å². The summed E-state index contributed by atoms with van der Waals surface area (Å²) in [7, 11) is 0. The molecular weight excluding hydrogens is 527 g/mol. The van der Waals surface area contributed by atoms with Crippen molar-refractivity contribution in [3.8, 4) is 23.0 Å². The highest BCUT2D eigenvalue weighted by Gasteiger charge is 2.29. The number of rotatable bonds is 11. The zero-order valence-corrected chi connectivity index (χ0v) is 22.3. The normalized spacial score (nSPS) is 16.3. The summed E-state index contributed by atoms with van der Waals surface area (Å²) in [4.78, 5) is 24.3. The molecule has 1 saturated carbocycles. The van der Waals surface area contributed by atoms with Gasteiger partial charge < -0.3 is 19.3 Å². The number of hydrogen-bond acceptors (Lipinski definition) is 5. The molecule has 38 heavy (non-hydrogen) atoms. The van der Waals surface area contributed by atoms with E-state index in [0.29, 0.717) is 76.8 Å². The maximum absolute atomic E-state index is 12.8. The molecule has 8 heteroatoms. The summed E-state index contributed by atoms with van der Waals surface area (Å²) in [5.41, 5.74) is 2.21. The predicted octanol–water partition coefficient (Wildman–Crippen LogP) is 7.73. The van der Waals surface area contributed by atoms with Crippen molar-refractivity contribution in [2.24, 2.45) is 5.92 Å². The number of carbonyl (C=O) groups excluding carboxylic acids is 1. The lowest BCUT2D eigenvalue weighted by Crippen LogP contribution is -2.20. The third-order valence-corrected chi connectivity index (χ3v) is 7.39. The molecule has 0 amide bonds. The molecule has 1 fully saturated rings. The van der Waals surface area contributed by atoms with Gasteiger partial charge in [-0.25, -0.2) is 0 Å². The van der Waals surface area contributed by atoms with E-state index in [2.05, 4.69) is 0 Å². The number of Topliss-reactive ketones (excluding diaryl/α,β-unsaturated/α-hetero) is 1. The maximum atomic E-state index is 12.8. The van der Waals surface area contributed by atoms with Gasteiger partial charge in [0.1, 0.15) is 23.0 Å². The molecule has 0 bridgehead atoms. The molecule has 1 N–H and O–H groups in total. The van der Waals surface area contributed by atoms with Crippen molar-refractivity contribution >= 4 is 35.0 Å². The molecule has 1 aliphatic carbocycles. The molecule has 3 aromatic rings. The van der Waals surface area contributed by atoms with Gasteiger partial charge in [0.05, 0.1) is 24.2 Å². The predicted molar refractivity (Wildman–Crippen MR) is 145 cm³/mol. The van der Waals surface area contributed by atoms with Crippen LogP contribution in [0.2, 0.25) is 10.0 Å². The Bertz CT molecular complexity index is 1330. The Hall–Kier alpha value is -3.22. The monoisotopic (exact) mass is 554 g/mol. The highest BCUT2D eigenvalue weighted by molar-refractivity contribution is 6.32. The quantitative estimate of drug-likeness (QED) is 0.244. The zero-order chi connectivity index (χ0) is 26.6. The van der Waals surface area contributed by atoms with Crippen molar-refractivity contribution in [2.45, 2.75) is 44.4 Å². The summed E-state index contributed by atoms with van der Waals surface area (Å²) < 4.78 is 17.5. The van der Waals surface area contributed by atoms with Crippen molar-refractivity contribution in [3.05, 3.63) is 81.3 Å². The minimum Gasteiger partial charge on any atom is -0.493 e. The van der Waals surface area contributed by atoms with Gasteiger partial charge in [0.15, 0.2) is 5.78 Å². The Kier molecular flexibility index (Phi) is 8.10. The first-order valence-electron chi connectivity index (χ1n) is 12.8. The molecular formula is C30H28Cl2O6. The van der Waals surface area contributed by atoms with E-state index in [9.17, 15) is 14.7 Å². The Morgan fingerprint density at radius 1 is 0.974 bits per heavy atom. The van der Waals surface area contributed by atoms with E-state index >= 15 is 0 Å². The first-order valence-corrected chi connectivity index (χ1v) is 13.5. The van der Waals surface area contributed by atoms with Crippen LogP contribution in [-0.4, -0.2) is 30.1 Å². The van der Waals surface area contributed by atoms with Crippen molar-refractivity contribution in [1.29, 1.82) is 0 Å². The molecule has 1 unspecified atom stereocenters. The average Bonchev–Trinajstić information content (AvgIpc) is 3.73. The number of carboxylic acids is 1.